The molecule has 0 amide bonds. The molecule has 0 aliphatic carbocycles. The Morgan fingerprint density at radius 2 is 1.77 bits per heavy atom. The van der Waals surface area contributed by atoms with Crippen molar-refractivity contribution in [2.75, 3.05) is 6.26 Å². The van der Waals surface area contributed by atoms with Gasteiger partial charge in [-0.25, -0.2) is 4.52 Å². The Kier molecular flexibility index (Phi) is 5.85. The minimum absolute atomic E-state index is 0.000654. The molecule has 0 atom stereocenters. The van der Waals surface area contributed by atoms with Crippen LogP contribution in [-0.2, 0) is 10.1 Å². The smallest absolute Gasteiger partial charge is 0.261 e. The van der Waals surface area contributed by atoms with Crippen molar-refractivity contribution in [1.82, 2.24) is 9.61 Å². The monoisotopic (exact) mass is 326 g/mol. The maximum Gasteiger partial charge on any atom is 0.261 e. The summed E-state index contributed by atoms with van der Waals surface area (Å²) >= 11 is 0. The second kappa shape index (κ2) is 7.02. The molecule has 0 radical (unpaired) electrons. The zero-order valence-electron chi connectivity index (χ0n) is 13.4. The van der Waals surface area contributed by atoms with Crippen molar-refractivity contribution in [3.05, 3.63) is 35.7 Å². The summed E-state index contributed by atoms with van der Waals surface area (Å²) in [6, 6.07) is 5.82. The average molecular weight is 326 g/mol. The molecular weight excluding hydrogens is 304 g/mol. The Labute approximate surface area is 130 Å². The van der Waals surface area contributed by atoms with Crippen LogP contribution in [0.1, 0.15) is 49.7 Å². The van der Waals surface area contributed by atoms with Gasteiger partial charge in [0.2, 0.25) is 0 Å². The molecule has 0 saturated carbocycles. The Bertz CT molecular complexity index is 753. The van der Waals surface area contributed by atoms with E-state index in [0.29, 0.717) is 6.26 Å². The van der Waals surface area contributed by atoms with Crippen LogP contribution in [0.2, 0.25) is 0 Å². The molecule has 0 aliphatic rings. The van der Waals surface area contributed by atoms with Gasteiger partial charge < -0.3 is 0 Å². The fourth-order valence-corrected chi connectivity index (χ4v) is 1.96. The lowest BCUT2D eigenvalue weighted by molar-refractivity contribution is 0.0939. The second-order valence-corrected chi connectivity index (χ2v) is 7.16. The summed E-state index contributed by atoms with van der Waals surface area (Å²) in [6.07, 6.45) is 2.60. The molecule has 2 heterocycles. The Balaban J connectivity index is 0.000000422. The fourth-order valence-electron chi connectivity index (χ4n) is 1.96. The molecule has 0 fully saturated rings. The molecule has 22 heavy (non-hydrogen) atoms. The first kappa shape index (κ1) is 18.3. The topological polar surface area (TPSA) is 88.7 Å². The lowest BCUT2D eigenvalue weighted by Crippen LogP contribution is -2.10. The van der Waals surface area contributed by atoms with Crippen LogP contribution in [-0.4, -0.2) is 34.6 Å². The van der Waals surface area contributed by atoms with E-state index in [1.165, 1.54) is 0 Å². The van der Waals surface area contributed by atoms with Crippen molar-refractivity contribution in [3.8, 4) is 0 Å². The van der Waals surface area contributed by atoms with Gasteiger partial charge in [-0.1, -0.05) is 33.8 Å². The van der Waals surface area contributed by atoms with E-state index >= 15 is 0 Å². The van der Waals surface area contributed by atoms with Crippen LogP contribution < -0.4 is 0 Å². The normalized spacial score (nSPS) is 11.6. The molecule has 0 saturated heterocycles. The van der Waals surface area contributed by atoms with Crippen LogP contribution in [0.3, 0.4) is 0 Å². The third kappa shape index (κ3) is 4.92. The first-order chi connectivity index (χ1) is 10.0. The largest absolute Gasteiger partial charge is 0.294 e. The number of carbonyl (C=O) groups is 1. The van der Waals surface area contributed by atoms with Gasteiger partial charge in [0.15, 0.2) is 5.78 Å². The maximum absolute atomic E-state index is 12.3. The van der Waals surface area contributed by atoms with Gasteiger partial charge in [0.25, 0.3) is 10.1 Å². The Morgan fingerprint density at radius 1 is 1.23 bits per heavy atom. The summed E-state index contributed by atoms with van der Waals surface area (Å²) in [4.78, 5) is 12.3. The number of Topliss-reactive ketones (excluding diaryl/α,β-unsaturated/α-hetero) is 1. The van der Waals surface area contributed by atoms with Crippen molar-refractivity contribution >= 4 is 21.4 Å². The van der Waals surface area contributed by atoms with Crippen molar-refractivity contribution in [1.29, 1.82) is 0 Å². The first-order valence-corrected chi connectivity index (χ1v) is 8.81. The lowest BCUT2D eigenvalue weighted by atomic mass is 9.95. The second-order valence-electron chi connectivity index (χ2n) is 5.70. The van der Waals surface area contributed by atoms with E-state index in [-0.39, 0.29) is 17.6 Å². The van der Waals surface area contributed by atoms with Crippen molar-refractivity contribution in [2.45, 2.75) is 33.6 Å². The van der Waals surface area contributed by atoms with Gasteiger partial charge in [0.1, 0.15) is 0 Å². The first-order valence-electron chi connectivity index (χ1n) is 6.96. The fraction of sp³-hybridized carbons (Fsp3) is 0.467. The van der Waals surface area contributed by atoms with E-state index in [1.54, 1.807) is 4.52 Å². The van der Waals surface area contributed by atoms with E-state index in [0.717, 1.165) is 16.8 Å². The van der Waals surface area contributed by atoms with Gasteiger partial charge in [0, 0.05) is 12.1 Å². The third-order valence-electron chi connectivity index (χ3n) is 2.88. The summed E-state index contributed by atoms with van der Waals surface area (Å²) in [5.74, 6) is 0.434. The van der Waals surface area contributed by atoms with Gasteiger partial charge in [-0.15, -0.1) is 0 Å². The van der Waals surface area contributed by atoms with Crippen LogP contribution >= 0.6 is 0 Å². The molecule has 2 rings (SSSR count). The van der Waals surface area contributed by atoms with Crippen molar-refractivity contribution < 1.29 is 17.8 Å². The highest BCUT2D eigenvalue weighted by atomic mass is 32.2. The van der Waals surface area contributed by atoms with E-state index in [2.05, 4.69) is 18.9 Å². The molecule has 0 aromatic carbocycles. The van der Waals surface area contributed by atoms with E-state index in [9.17, 15) is 13.2 Å². The van der Waals surface area contributed by atoms with Crippen LogP contribution in [0.4, 0.5) is 0 Å². The number of hydrogen-bond donors (Lipinski definition) is 1. The molecule has 0 spiro atoms. The zero-order valence-corrected chi connectivity index (χ0v) is 14.3. The molecule has 6 nitrogen and oxygen atoms in total. The highest BCUT2D eigenvalue weighted by Crippen LogP contribution is 2.25. The molecule has 122 valence electrons. The molecule has 0 unspecified atom stereocenters. The maximum atomic E-state index is 12.3. The number of pyridine rings is 1. The highest BCUT2D eigenvalue weighted by molar-refractivity contribution is 7.85. The number of rotatable bonds is 3. The van der Waals surface area contributed by atoms with Gasteiger partial charge in [-0.05, 0) is 18.1 Å². The third-order valence-corrected chi connectivity index (χ3v) is 2.88. The predicted molar refractivity (Wildman–Crippen MR) is 85.9 cm³/mol. The predicted octanol–water partition coefficient (Wildman–Crippen LogP) is 2.80. The number of fused-ring (bicyclic) bond motifs is 1. The zero-order chi connectivity index (χ0) is 17.1. The van der Waals surface area contributed by atoms with Gasteiger partial charge in [0.05, 0.1) is 23.0 Å². The molecule has 0 bridgehead atoms. The summed E-state index contributed by atoms with van der Waals surface area (Å²) in [5.41, 5.74) is 2.60. The molecular formula is C15H22N2O4S. The Hall–Kier alpha value is -1.73. The number of hydrogen-bond acceptors (Lipinski definition) is 4. The van der Waals surface area contributed by atoms with Crippen LogP contribution in [0.25, 0.3) is 5.52 Å². The molecule has 2 aromatic heterocycles. The van der Waals surface area contributed by atoms with E-state index in [4.69, 9.17) is 4.55 Å². The van der Waals surface area contributed by atoms with Crippen LogP contribution in [0.15, 0.2) is 24.4 Å². The minimum Gasteiger partial charge on any atom is -0.294 e. The number of aromatic nitrogens is 2. The van der Waals surface area contributed by atoms with Gasteiger partial charge in [-0.3, -0.25) is 9.35 Å². The summed E-state index contributed by atoms with van der Waals surface area (Å²) < 4.78 is 27.7. The van der Waals surface area contributed by atoms with Gasteiger partial charge in [-0.2, -0.15) is 13.5 Å². The average Bonchev–Trinajstić information content (AvgIpc) is 2.75. The molecule has 0 aliphatic heterocycles. The molecule has 2 aromatic rings. The highest BCUT2D eigenvalue weighted by Gasteiger charge is 2.22. The standard InChI is InChI=1S/C14H18N2O.CH4O3S/c1-9(2)13-12(14(17)10(3)4)11-7-5-6-8-16(11)15-13;1-5(2,3)4/h5-10H,1-4H3;1H3,(H,2,3,4). The van der Waals surface area contributed by atoms with E-state index < -0.39 is 10.1 Å². The SMILES string of the molecule is CC(C)C(=O)c1c(C(C)C)nn2ccccc12.CS(=O)(=O)O. The quantitative estimate of drug-likeness (QED) is 0.692. The lowest BCUT2D eigenvalue weighted by Gasteiger charge is -2.07. The number of ketones is 1. The Morgan fingerprint density at radius 3 is 2.23 bits per heavy atom. The minimum atomic E-state index is -3.67. The van der Waals surface area contributed by atoms with Crippen LogP contribution in [0, 0.1) is 5.92 Å². The van der Waals surface area contributed by atoms with Crippen LogP contribution in [0.5, 0.6) is 0 Å². The molecule has 7 heteroatoms. The summed E-state index contributed by atoms with van der Waals surface area (Å²) in [6.45, 7) is 8.00. The number of carbonyl (C=O) groups excluding carboxylic acids is 1. The summed E-state index contributed by atoms with van der Waals surface area (Å²) in [5, 5.41) is 4.51. The summed E-state index contributed by atoms with van der Waals surface area (Å²) in [7, 11) is -3.67. The van der Waals surface area contributed by atoms with Gasteiger partial charge >= 0.3 is 0 Å². The number of nitrogens with zero attached hydrogens (tertiary/aromatic N) is 2. The molecule has 1 N–H and O–H groups in total. The van der Waals surface area contributed by atoms with E-state index in [1.807, 2.05) is 38.2 Å². The van der Waals surface area contributed by atoms with Crippen molar-refractivity contribution in [3.63, 3.8) is 0 Å². The van der Waals surface area contributed by atoms with Crippen molar-refractivity contribution in [2.24, 2.45) is 5.92 Å².